The quantitative estimate of drug-likeness (QED) is 0.781. The van der Waals surface area contributed by atoms with Gasteiger partial charge >= 0.3 is 0 Å². The molecule has 0 saturated carbocycles. The molecule has 0 atom stereocenters. The number of rotatable bonds is 4. The van der Waals surface area contributed by atoms with Gasteiger partial charge in [-0.15, -0.1) is 0 Å². The lowest BCUT2D eigenvalue weighted by Gasteiger charge is -2.10. The molecule has 2 nitrogen and oxygen atoms in total. The van der Waals surface area contributed by atoms with Crippen molar-refractivity contribution in [1.29, 1.82) is 0 Å². The highest BCUT2D eigenvalue weighted by atomic mass is 35.5. The Morgan fingerprint density at radius 2 is 1.95 bits per heavy atom. The predicted octanol–water partition coefficient (Wildman–Crippen LogP) is 4.26. The molecule has 4 heteroatoms. The fraction of sp³-hybridized carbons (Fsp3) is 0.133. The number of carbonyl (C=O) groups is 1. The van der Waals surface area contributed by atoms with Crippen molar-refractivity contribution in [3.63, 3.8) is 0 Å². The third-order valence-electron chi connectivity index (χ3n) is 2.68. The van der Waals surface area contributed by atoms with Crippen molar-refractivity contribution < 1.29 is 13.9 Å². The summed E-state index contributed by atoms with van der Waals surface area (Å²) in [7, 11) is 0. The Kier molecular flexibility index (Phi) is 4.17. The minimum atomic E-state index is -0.496. The van der Waals surface area contributed by atoms with Crippen LogP contribution in [0.1, 0.15) is 22.8 Å². The van der Waals surface area contributed by atoms with E-state index < -0.39 is 5.82 Å². The van der Waals surface area contributed by atoms with Crippen LogP contribution in [0.4, 0.5) is 4.39 Å². The van der Waals surface area contributed by atoms with Crippen LogP contribution < -0.4 is 4.74 Å². The highest BCUT2D eigenvalue weighted by molar-refractivity contribution is 6.30. The van der Waals surface area contributed by atoms with Gasteiger partial charge in [-0.05, 0) is 25.1 Å². The number of carbonyl (C=O) groups excluding carboxylic acids is 1. The summed E-state index contributed by atoms with van der Waals surface area (Å²) in [6.45, 7) is 1.48. The van der Waals surface area contributed by atoms with Gasteiger partial charge in [-0.3, -0.25) is 4.79 Å². The molecule has 0 aliphatic carbocycles. The van der Waals surface area contributed by atoms with Gasteiger partial charge in [0.05, 0.1) is 10.6 Å². The molecule has 0 saturated heterocycles. The second-order valence-corrected chi connectivity index (χ2v) is 4.46. The zero-order valence-electron chi connectivity index (χ0n) is 10.3. The molecule has 2 aromatic carbocycles. The molecule has 0 heterocycles. The molecule has 19 heavy (non-hydrogen) atoms. The normalized spacial score (nSPS) is 10.3. The van der Waals surface area contributed by atoms with Gasteiger partial charge in [0.15, 0.2) is 5.78 Å². The van der Waals surface area contributed by atoms with Gasteiger partial charge in [-0.2, -0.15) is 0 Å². The Labute approximate surface area is 115 Å². The van der Waals surface area contributed by atoms with Crippen LogP contribution in [0.2, 0.25) is 5.02 Å². The molecule has 0 spiro atoms. The van der Waals surface area contributed by atoms with E-state index in [9.17, 15) is 9.18 Å². The number of ether oxygens (including phenoxy) is 1. The van der Waals surface area contributed by atoms with Crippen molar-refractivity contribution in [2.24, 2.45) is 0 Å². The minimum absolute atomic E-state index is 0.0245. The highest BCUT2D eigenvalue weighted by Gasteiger charge is 2.10. The molecular formula is C15H12ClFO2. The summed E-state index contributed by atoms with van der Waals surface area (Å²) in [4.78, 5) is 11.4. The van der Waals surface area contributed by atoms with Gasteiger partial charge in [0.2, 0.25) is 0 Å². The van der Waals surface area contributed by atoms with E-state index in [1.54, 1.807) is 36.4 Å². The minimum Gasteiger partial charge on any atom is -0.488 e. The average molecular weight is 279 g/mol. The predicted molar refractivity (Wildman–Crippen MR) is 72.2 cm³/mol. The average Bonchev–Trinajstić information content (AvgIpc) is 2.40. The summed E-state index contributed by atoms with van der Waals surface area (Å²) in [5.74, 6) is -0.152. The van der Waals surface area contributed by atoms with E-state index in [2.05, 4.69) is 0 Å². The molecule has 0 unspecified atom stereocenters. The second kappa shape index (κ2) is 5.85. The Balaban J connectivity index is 2.19. The fourth-order valence-electron chi connectivity index (χ4n) is 1.70. The van der Waals surface area contributed by atoms with Crippen LogP contribution in [0.3, 0.4) is 0 Å². The lowest BCUT2D eigenvalue weighted by molar-refractivity contribution is 0.101. The number of benzene rings is 2. The first-order valence-corrected chi connectivity index (χ1v) is 6.13. The molecule has 2 rings (SSSR count). The van der Waals surface area contributed by atoms with E-state index in [0.29, 0.717) is 16.9 Å². The van der Waals surface area contributed by atoms with Crippen molar-refractivity contribution in [3.8, 4) is 5.75 Å². The zero-order valence-corrected chi connectivity index (χ0v) is 11.1. The largest absolute Gasteiger partial charge is 0.488 e. The monoisotopic (exact) mass is 278 g/mol. The van der Waals surface area contributed by atoms with Gasteiger partial charge < -0.3 is 4.74 Å². The molecule has 0 N–H and O–H groups in total. The third-order valence-corrected chi connectivity index (χ3v) is 2.97. The maximum absolute atomic E-state index is 13.7. The third kappa shape index (κ3) is 3.12. The van der Waals surface area contributed by atoms with E-state index in [0.717, 1.165) is 0 Å². The lowest BCUT2D eigenvalue weighted by atomic mass is 10.1. The Morgan fingerprint density at radius 3 is 2.68 bits per heavy atom. The van der Waals surface area contributed by atoms with Crippen molar-refractivity contribution in [1.82, 2.24) is 0 Å². The topological polar surface area (TPSA) is 26.3 Å². The van der Waals surface area contributed by atoms with Crippen molar-refractivity contribution in [3.05, 3.63) is 64.4 Å². The summed E-state index contributed by atoms with van der Waals surface area (Å²) in [5, 5.41) is 0.0564. The molecule has 0 amide bonds. The Hall–Kier alpha value is -1.87. The summed E-state index contributed by atoms with van der Waals surface area (Å²) in [6.07, 6.45) is 0. The summed E-state index contributed by atoms with van der Waals surface area (Å²) in [6, 6.07) is 11.6. The smallest absolute Gasteiger partial charge is 0.163 e. The van der Waals surface area contributed by atoms with Crippen LogP contribution in [-0.2, 0) is 6.61 Å². The molecule has 0 aliphatic heterocycles. The SMILES string of the molecule is CC(=O)c1ccccc1OCc1cccc(Cl)c1F. The van der Waals surface area contributed by atoms with Gasteiger partial charge in [-0.25, -0.2) is 4.39 Å². The van der Waals surface area contributed by atoms with E-state index >= 15 is 0 Å². The summed E-state index contributed by atoms with van der Waals surface area (Å²) in [5.41, 5.74) is 0.829. The molecule has 0 aromatic heterocycles. The second-order valence-electron chi connectivity index (χ2n) is 4.05. The van der Waals surface area contributed by atoms with Crippen LogP contribution in [-0.4, -0.2) is 5.78 Å². The standard InChI is InChI=1S/C15H12ClFO2/c1-10(18)12-6-2-3-8-14(12)19-9-11-5-4-7-13(16)15(11)17/h2-8H,9H2,1H3. The number of hydrogen-bond acceptors (Lipinski definition) is 2. The summed E-state index contributed by atoms with van der Waals surface area (Å²) < 4.78 is 19.2. The van der Waals surface area contributed by atoms with E-state index in [1.807, 2.05) is 0 Å². The van der Waals surface area contributed by atoms with Crippen LogP contribution in [0.5, 0.6) is 5.75 Å². The molecule has 0 radical (unpaired) electrons. The maximum Gasteiger partial charge on any atom is 0.163 e. The summed E-state index contributed by atoms with van der Waals surface area (Å²) >= 11 is 5.69. The van der Waals surface area contributed by atoms with E-state index in [1.165, 1.54) is 13.0 Å². The molecule has 0 fully saturated rings. The van der Waals surface area contributed by atoms with Gasteiger partial charge in [0, 0.05) is 5.56 Å². The Morgan fingerprint density at radius 1 is 1.21 bits per heavy atom. The van der Waals surface area contributed by atoms with Crippen LogP contribution >= 0.6 is 11.6 Å². The van der Waals surface area contributed by atoms with Gasteiger partial charge in [0.1, 0.15) is 18.2 Å². The first-order valence-electron chi connectivity index (χ1n) is 5.75. The number of ketones is 1. The van der Waals surface area contributed by atoms with Gasteiger partial charge in [-0.1, -0.05) is 35.9 Å². The van der Waals surface area contributed by atoms with Crippen LogP contribution in [0.15, 0.2) is 42.5 Å². The van der Waals surface area contributed by atoms with Crippen LogP contribution in [0.25, 0.3) is 0 Å². The van der Waals surface area contributed by atoms with Crippen molar-refractivity contribution in [2.75, 3.05) is 0 Å². The number of halogens is 2. The van der Waals surface area contributed by atoms with Crippen molar-refractivity contribution >= 4 is 17.4 Å². The number of Topliss-reactive ketones (excluding diaryl/α,β-unsaturated/α-hetero) is 1. The molecule has 0 aliphatic rings. The van der Waals surface area contributed by atoms with E-state index in [4.69, 9.17) is 16.3 Å². The first kappa shape index (κ1) is 13.6. The molecule has 98 valence electrons. The van der Waals surface area contributed by atoms with Gasteiger partial charge in [0.25, 0.3) is 0 Å². The lowest BCUT2D eigenvalue weighted by Crippen LogP contribution is -2.03. The maximum atomic E-state index is 13.7. The highest BCUT2D eigenvalue weighted by Crippen LogP contribution is 2.22. The zero-order chi connectivity index (χ0) is 13.8. The van der Waals surface area contributed by atoms with Crippen LogP contribution in [0, 0.1) is 5.82 Å². The molecule has 0 bridgehead atoms. The molecular weight excluding hydrogens is 267 g/mol. The van der Waals surface area contributed by atoms with Crippen molar-refractivity contribution in [2.45, 2.75) is 13.5 Å². The van der Waals surface area contributed by atoms with E-state index in [-0.39, 0.29) is 17.4 Å². The first-order chi connectivity index (χ1) is 9.09. The Bertz CT molecular complexity index is 611. The number of para-hydroxylation sites is 1. The molecule has 2 aromatic rings. The number of hydrogen-bond donors (Lipinski definition) is 0. The fourth-order valence-corrected chi connectivity index (χ4v) is 1.89.